The predicted molar refractivity (Wildman–Crippen MR) is 80.3 cm³/mol. The minimum Gasteiger partial charge on any atom is -0.744 e. The van der Waals surface area contributed by atoms with Crippen molar-refractivity contribution in [3.8, 4) is 5.75 Å². The molecule has 12 heteroatoms. The number of carbonyl (C=O) groups is 1. The monoisotopic (exact) mass is 448 g/mol. The van der Waals surface area contributed by atoms with Crippen molar-refractivity contribution in [2.45, 2.75) is 16.7 Å². The Morgan fingerprint density at radius 1 is 1.00 bits per heavy atom. The van der Waals surface area contributed by atoms with E-state index in [1.807, 2.05) is 0 Å². The number of carbonyl (C=O) groups excluding carboxylic acids is 1. The normalized spacial score (nSPS) is 11.2. The minimum atomic E-state index is -5.45. The molecule has 0 spiro atoms. The Morgan fingerprint density at radius 3 is 1.96 bits per heavy atom. The van der Waals surface area contributed by atoms with Crippen LogP contribution in [0.2, 0.25) is 0 Å². The number of fused-ring (bicyclic) bond motifs is 1. The second-order valence-electron chi connectivity index (χ2n) is 4.83. The molecule has 0 unspecified atom stereocenters. The van der Waals surface area contributed by atoms with Crippen molar-refractivity contribution in [3.05, 3.63) is 42.5 Å². The van der Waals surface area contributed by atoms with Crippen LogP contribution >= 0.6 is 0 Å². The number of esters is 1. The van der Waals surface area contributed by atoms with Crippen LogP contribution in [0.15, 0.2) is 52.3 Å². The molecular weight excluding hydrogens is 438 g/mol. The van der Waals surface area contributed by atoms with E-state index in [1.165, 1.54) is 31.2 Å². The van der Waals surface area contributed by atoms with Gasteiger partial charge in [0.25, 0.3) is 0 Å². The van der Waals surface area contributed by atoms with E-state index >= 15 is 0 Å². The molecule has 0 aliphatic heterocycles. The molecule has 0 amide bonds. The van der Waals surface area contributed by atoms with Gasteiger partial charge in [0, 0.05) is 11.0 Å². The fourth-order valence-corrected chi connectivity index (χ4v) is 4.10. The van der Waals surface area contributed by atoms with Crippen molar-refractivity contribution in [1.29, 1.82) is 0 Å². The maximum absolute atomic E-state index is 11.6. The first kappa shape index (κ1) is 27.0. The fraction of sp³-hybridized carbons (Fsp3) is 0.0714. The molecule has 0 saturated carbocycles. The molecule has 2 aromatic carbocycles. The summed E-state index contributed by atoms with van der Waals surface area (Å²) in [5.41, 5.74) is -0.121. The Labute approximate surface area is 235 Å². The van der Waals surface area contributed by atoms with Gasteiger partial charge in [0.1, 0.15) is 25.1 Å². The molecule has 0 heterocycles. The minimum absolute atomic E-state index is 0. The summed E-state index contributed by atoms with van der Waals surface area (Å²) in [5.74, 6) is -1.92. The molecule has 2 aromatic rings. The quantitative estimate of drug-likeness (QED) is 0.149. The van der Waals surface area contributed by atoms with Crippen LogP contribution in [0.1, 0.15) is 6.92 Å². The third kappa shape index (κ3) is 6.25. The molecule has 0 N–H and O–H groups in total. The molecule has 0 aliphatic rings. The van der Waals surface area contributed by atoms with Gasteiger partial charge < -0.3 is 13.8 Å². The first-order valence-electron chi connectivity index (χ1n) is 6.28. The number of rotatable bonds is 4. The Bertz CT molecular complexity index is 1080. The van der Waals surface area contributed by atoms with Crippen molar-refractivity contribution in [3.63, 3.8) is 0 Å². The second-order valence-corrected chi connectivity index (χ2v) is 7.47. The zero-order chi connectivity index (χ0) is 18.3. The Kier molecular flexibility index (Phi) is 10.5. The molecule has 0 fully saturated rings. The van der Waals surface area contributed by atoms with Crippen LogP contribution < -0.4 is 108 Å². The van der Waals surface area contributed by atoms with E-state index in [4.69, 9.17) is 4.74 Å². The molecular formula is C14H10K2O8S2. The summed E-state index contributed by atoms with van der Waals surface area (Å²) in [7, 11) is -10.8. The Balaban J connectivity index is 0.00000312. The Morgan fingerprint density at radius 2 is 1.50 bits per heavy atom. The summed E-state index contributed by atoms with van der Waals surface area (Å²) < 4.78 is 74.1. The smallest absolute Gasteiger partial charge is 0.744 e. The summed E-state index contributed by atoms with van der Waals surface area (Å²) in [4.78, 5) is 8.99. The summed E-state index contributed by atoms with van der Waals surface area (Å²) in [6.07, 6.45) is 0. The van der Waals surface area contributed by atoms with E-state index in [0.29, 0.717) is 0 Å². The van der Waals surface area contributed by atoms with Gasteiger partial charge in [0.2, 0.25) is 0 Å². The number of hydrogen-bond donors (Lipinski definition) is 0. The molecule has 0 saturated heterocycles. The third-order valence-corrected chi connectivity index (χ3v) is 4.93. The van der Waals surface area contributed by atoms with Crippen molar-refractivity contribution < 1.29 is 138 Å². The third-order valence-electron chi connectivity index (χ3n) is 2.97. The largest absolute Gasteiger partial charge is 1.00 e. The van der Waals surface area contributed by atoms with Gasteiger partial charge in [-0.3, -0.25) is 0 Å². The van der Waals surface area contributed by atoms with E-state index in [-0.39, 0.29) is 119 Å². The van der Waals surface area contributed by atoms with E-state index in [1.54, 1.807) is 0 Å². The number of hydrogen-bond acceptors (Lipinski definition) is 8. The van der Waals surface area contributed by atoms with Crippen LogP contribution in [0, 0.1) is 0 Å². The SMILES string of the molecule is C=C(C)C(=O)Oc1cc2ccccc2c(S(=O)(=O)[O-])c1S(=O)(=O)[O-].[K+].[K+]. The van der Waals surface area contributed by atoms with E-state index in [9.17, 15) is 30.7 Å². The van der Waals surface area contributed by atoms with Crippen LogP contribution in [-0.2, 0) is 25.0 Å². The molecule has 0 bridgehead atoms. The molecule has 26 heavy (non-hydrogen) atoms. The standard InChI is InChI=1S/C14H12O8S2.2K/c1-8(2)14(15)22-11-7-9-5-3-4-6-10(9)12(23(16,17)18)13(11)24(19,20)21;;/h3-7H,1H2,2H3,(H,16,17,18)(H,19,20,21);;/q;2*+1/p-2. The topological polar surface area (TPSA) is 141 Å². The van der Waals surface area contributed by atoms with Crippen LogP contribution in [-0.4, -0.2) is 31.9 Å². The van der Waals surface area contributed by atoms with Gasteiger partial charge in [0.15, 0.2) is 5.75 Å². The predicted octanol–water partition coefficient (Wildman–Crippen LogP) is -4.86. The van der Waals surface area contributed by atoms with Crippen LogP contribution in [0.25, 0.3) is 10.8 Å². The van der Waals surface area contributed by atoms with E-state index < -0.39 is 41.7 Å². The molecule has 0 radical (unpaired) electrons. The van der Waals surface area contributed by atoms with Crippen molar-refractivity contribution in [2.24, 2.45) is 0 Å². The van der Waals surface area contributed by atoms with Gasteiger partial charge in [-0.1, -0.05) is 30.8 Å². The van der Waals surface area contributed by atoms with Crippen molar-refractivity contribution in [2.75, 3.05) is 0 Å². The summed E-state index contributed by atoms with van der Waals surface area (Å²) in [6, 6.07) is 6.37. The van der Waals surface area contributed by atoms with Crippen molar-refractivity contribution in [1.82, 2.24) is 0 Å². The summed E-state index contributed by atoms with van der Waals surface area (Å²) in [5, 5.41) is -0.166. The van der Waals surface area contributed by atoms with Gasteiger partial charge >= 0.3 is 109 Å². The molecule has 2 rings (SSSR count). The molecule has 0 aromatic heterocycles. The number of ether oxygens (including phenoxy) is 1. The maximum atomic E-state index is 11.6. The fourth-order valence-electron chi connectivity index (χ4n) is 2.02. The van der Waals surface area contributed by atoms with Gasteiger partial charge in [-0.05, 0) is 18.4 Å². The first-order valence-corrected chi connectivity index (χ1v) is 9.10. The average Bonchev–Trinajstić information content (AvgIpc) is 2.43. The van der Waals surface area contributed by atoms with Gasteiger partial charge in [-0.2, -0.15) is 0 Å². The van der Waals surface area contributed by atoms with Gasteiger partial charge in [-0.15, -0.1) is 0 Å². The molecule has 0 aliphatic carbocycles. The first-order chi connectivity index (χ1) is 10.9. The van der Waals surface area contributed by atoms with Crippen LogP contribution in [0.3, 0.4) is 0 Å². The average molecular weight is 449 g/mol. The van der Waals surface area contributed by atoms with Gasteiger partial charge in [-0.25, -0.2) is 21.6 Å². The zero-order valence-electron chi connectivity index (χ0n) is 14.2. The molecule has 8 nitrogen and oxygen atoms in total. The number of benzene rings is 2. The van der Waals surface area contributed by atoms with E-state index in [0.717, 1.165) is 6.07 Å². The summed E-state index contributed by atoms with van der Waals surface area (Å²) in [6.45, 7) is 4.56. The summed E-state index contributed by atoms with van der Waals surface area (Å²) >= 11 is 0. The molecule has 0 atom stereocenters. The van der Waals surface area contributed by atoms with Gasteiger partial charge in [0.05, 0.1) is 4.90 Å². The van der Waals surface area contributed by atoms with Crippen LogP contribution in [0.4, 0.5) is 0 Å². The van der Waals surface area contributed by atoms with Crippen LogP contribution in [0.5, 0.6) is 5.75 Å². The second kappa shape index (κ2) is 10.2. The molecule has 128 valence electrons. The Hall–Kier alpha value is 1.00. The maximum Gasteiger partial charge on any atom is 1.00 e. The van der Waals surface area contributed by atoms with E-state index in [2.05, 4.69) is 6.58 Å². The zero-order valence-corrected chi connectivity index (χ0v) is 22.1. The van der Waals surface area contributed by atoms with Crippen molar-refractivity contribution >= 4 is 37.0 Å².